The Morgan fingerprint density at radius 1 is 1.20 bits per heavy atom. The van der Waals surface area contributed by atoms with Crippen LogP contribution in [-0.4, -0.2) is 48.4 Å². The lowest BCUT2D eigenvalue weighted by Crippen LogP contribution is -2.52. The molecule has 1 saturated heterocycles. The van der Waals surface area contributed by atoms with Crippen LogP contribution >= 0.6 is 0 Å². The van der Waals surface area contributed by atoms with Gasteiger partial charge in [-0.3, -0.25) is 5.41 Å². The monoisotopic (exact) mass is 209 g/mol. The molecular formula is C12H23N3. The van der Waals surface area contributed by atoms with Crippen LogP contribution in [0.4, 0.5) is 0 Å². The van der Waals surface area contributed by atoms with Crippen LogP contribution in [0.1, 0.15) is 32.6 Å². The number of hydrogen-bond donors (Lipinski definition) is 1. The van der Waals surface area contributed by atoms with E-state index < -0.39 is 0 Å². The molecule has 2 aliphatic rings. The third-order valence-corrected chi connectivity index (χ3v) is 4.04. The van der Waals surface area contributed by atoms with Crippen LogP contribution in [0.3, 0.4) is 0 Å². The van der Waals surface area contributed by atoms with E-state index in [1.54, 1.807) is 0 Å². The number of likely N-dealkylation sites (N-methyl/N-ethyl adjacent to an activating group) is 1. The zero-order valence-corrected chi connectivity index (χ0v) is 10.00. The predicted molar refractivity (Wildman–Crippen MR) is 63.3 cm³/mol. The third-order valence-electron chi connectivity index (χ3n) is 4.04. The molecule has 1 aliphatic heterocycles. The fourth-order valence-corrected chi connectivity index (χ4v) is 2.72. The molecule has 1 unspecified atom stereocenters. The Kier molecular flexibility index (Phi) is 3.29. The number of rotatable bonds is 1. The van der Waals surface area contributed by atoms with Gasteiger partial charge in [-0.15, -0.1) is 0 Å². The molecule has 0 aromatic carbocycles. The van der Waals surface area contributed by atoms with Gasteiger partial charge in [0, 0.05) is 31.6 Å². The predicted octanol–water partition coefficient (Wildman–Crippen LogP) is 1.79. The summed E-state index contributed by atoms with van der Waals surface area (Å²) in [4.78, 5) is 4.69. The molecule has 3 nitrogen and oxygen atoms in total. The van der Waals surface area contributed by atoms with E-state index in [4.69, 9.17) is 5.41 Å². The molecule has 3 heteroatoms. The van der Waals surface area contributed by atoms with Gasteiger partial charge in [0.1, 0.15) is 0 Å². The van der Waals surface area contributed by atoms with Crippen molar-refractivity contribution >= 4 is 5.84 Å². The van der Waals surface area contributed by atoms with Crippen LogP contribution in [0.15, 0.2) is 0 Å². The summed E-state index contributed by atoms with van der Waals surface area (Å²) in [6.45, 7) is 5.46. The zero-order chi connectivity index (χ0) is 10.8. The van der Waals surface area contributed by atoms with E-state index in [9.17, 15) is 0 Å². The van der Waals surface area contributed by atoms with Crippen LogP contribution in [0, 0.1) is 11.3 Å². The van der Waals surface area contributed by atoms with E-state index in [2.05, 4.69) is 23.8 Å². The van der Waals surface area contributed by atoms with Crippen molar-refractivity contribution in [1.82, 2.24) is 9.80 Å². The topological polar surface area (TPSA) is 30.3 Å². The minimum absolute atomic E-state index is 0.570. The average Bonchev–Trinajstić information content (AvgIpc) is 2.74. The molecule has 2 rings (SSSR count). The van der Waals surface area contributed by atoms with Crippen molar-refractivity contribution in [3.63, 3.8) is 0 Å². The fourth-order valence-electron chi connectivity index (χ4n) is 2.72. The smallest absolute Gasteiger partial charge is 0.0990 e. The highest BCUT2D eigenvalue weighted by molar-refractivity contribution is 5.82. The summed E-state index contributed by atoms with van der Waals surface area (Å²) in [5, 5.41) is 8.24. The number of amidine groups is 1. The van der Waals surface area contributed by atoms with E-state index in [1.165, 1.54) is 25.7 Å². The summed E-state index contributed by atoms with van der Waals surface area (Å²) in [6, 6.07) is 0.598. The molecule has 1 aliphatic carbocycles. The molecule has 0 spiro atoms. The normalized spacial score (nSPS) is 29.7. The van der Waals surface area contributed by atoms with Crippen molar-refractivity contribution in [2.75, 3.05) is 26.7 Å². The third kappa shape index (κ3) is 2.33. The van der Waals surface area contributed by atoms with Gasteiger partial charge in [-0.05, 0) is 26.8 Å². The van der Waals surface area contributed by atoms with Gasteiger partial charge in [0.25, 0.3) is 0 Å². The Balaban J connectivity index is 1.90. The number of nitrogens with one attached hydrogen (secondary N) is 1. The second kappa shape index (κ2) is 4.52. The maximum absolute atomic E-state index is 8.24. The van der Waals surface area contributed by atoms with Crippen LogP contribution in [0.5, 0.6) is 0 Å². The largest absolute Gasteiger partial charge is 0.357 e. The van der Waals surface area contributed by atoms with Gasteiger partial charge < -0.3 is 9.80 Å². The standard InChI is InChI=1S/C12H23N3/c1-10-9-15(8-7-14(10)2)12(13)11-5-3-4-6-11/h10-11,13H,3-9H2,1-2H3. The fraction of sp³-hybridized carbons (Fsp3) is 0.917. The minimum Gasteiger partial charge on any atom is -0.357 e. The van der Waals surface area contributed by atoms with Gasteiger partial charge in [-0.2, -0.15) is 0 Å². The van der Waals surface area contributed by atoms with Gasteiger partial charge in [0.2, 0.25) is 0 Å². The summed E-state index contributed by atoms with van der Waals surface area (Å²) in [6.07, 6.45) is 5.16. The first-order valence-electron chi connectivity index (χ1n) is 6.22. The zero-order valence-electron chi connectivity index (χ0n) is 10.00. The van der Waals surface area contributed by atoms with Crippen molar-refractivity contribution in [2.24, 2.45) is 5.92 Å². The molecule has 0 amide bonds. The van der Waals surface area contributed by atoms with E-state index in [0.29, 0.717) is 12.0 Å². The second-order valence-electron chi connectivity index (χ2n) is 5.14. The van der Waals surface area contributed by atoms with Gasteiger partial charge in [-0.25, -0.2) is 0 Å². The number of hydrogen-bond acceptors (Lipinski definition) is 2. The van der Waals surface area contributed by atoms with Crippen LogP contribution in [0.25, 0.3) is 0 Å². The summed E-state index contributed by atoms with van der Waals surface area (Å²) in [5.74, 6) is 1.49. The van der Waals surface area contributed by atoms with E-state index >= 15 is 0 Å². The van der Waals surface area contributed by atoms with Crippen LogP contribution in [-0.2, 0) is 0 Å². The van der Waals surface area contributed by atoms with Crippen molar-refractivity contribution in [3.8, 4) is 0 Å². The highest BCUT2D eigenvalue weighted by atomic mass is 15.3. The Morgan fingerprint density at radius 3 is 2.47 bits per heavy atom. The lowest BCUT2D eigenvalue weighted by atomic mass is 10.0. The molecule has 86 valence electrons. The minimum atomic E-state index is 0.570. The van der Waals surface area contributed by atoms with Crippen molar-refractivity contribution < 1.29 is 0 Å². The maximum Gasteiger partial charge on any atom is 0.0990 e. The molecule has 0 aromatic rings. The molecule has 0 radical (unpaired) electrons. The molecule has 1 saturated carbocycles. The molecule has 0 bridgehead atoms. The number of piperazine rings is 1. The van der Waals surface area contributed by atoms with Gasteiger partial charge in [0.05, 0.1) is 5.84 Å². The van der Waals surface area contributed by atoms with Gasteiger partial charge in [0.15, 0.2) is 0 Å². The molecule has 1 N–H and O–H groups in total. The van der Waals surface area contributed by atoms with Crippen LogP contribution < -0.4 is 0 Å². The summed E-state index contributed by atoms with van der Waals surface area (Å²) in [5.41, 5.74) is 0. The summed E-state index contributed by atoms with van der Waals surface area (Å²) < 4.78 is 0. The molecule has 15 heavy (non-hydrogen) atoms. The number of nitrogens with zero attached hydrogens (tertiary/aromatic N) is 2. The van der Waals surface area contributed by atoms with Gasteiger partial charge >= 0.3 is 0 Å². The molecular weight excluding hydrogens is 186 g/mol. The summed E-state index contributed by atoms with van der Waals surface area (Å²) >= 11 is 0. The van der Waals surface area contributed by atoms with E-state index in [-0.39, 0.29) is 0 Å². The quantitative estimate of drug-likeness (QED) is 0.527. The SMILES string of the molecule is CC1CN(C(=N)C2CCCC2)CCN1C. The lowest BCUT2D eigenvalue weighted by molar-refractivity contribution is 0.148. The second-order valence-corrected chi connectivity index (χ2v) is 5.14. The van der Waals surface area contributed by atoms with E-state index in [1.807, 2.05) is 0 Å². The lowest BCUT2D eigenvalue weighted by Gasteiger charge is -2.40. The molecule has 1 heterocycles. The Morgan fingerprint density at radius 2 is 1.87 bits per heavy atom. The average molecular weight is 209 g/mol. The van der Waals surface area contributed by atoms with Crippen molar-refractivity contribution in [1.29, 1.82) is 5.41 Å². The van der Waals surface area contributed by atoms with E-state index in [0.717, 1.165) is 25.5 Å². The Hall–Kier alpha value is -0.570. The van der Waals surface area contributed by atoms with Crippen molar-refractivity contribution in [2.45, 2.75) is 38.6 Å². The van der Waals surface area contributed by atoms with Crippen molar-refractivity contribution in [3.05, 3.63) is 0 Å². The first kappa shape index (κ1) is 10.9. The molecule has 0 aromatic heterocycles. The first-order valence-corrected chi connectivity index (χ1v) is 6.22. The Bertz CT molecular complexity index is 233. The summed E-state index contributed by atoms with van der Waals surface area (Å²) in [7, 11) is 2.18. The van der Waals surface area contributed by atoms with Gasteiger partial charge in [-0.1, -0.05) is 12.8 Å². The highest BCUT2D eigenvalue weighted by Gasteiger charge is 2.28. The molecule has 2 fully saturated rings. The highest BCUT2D eigenvalue weighted by Crippen LogP contribution is 2.27. The maximum atomic E-state index is 8.24. The molecule has 1 atom stereocenters. The Labute approximate surface area is 92.9 Å². The first-order chi connectivity index (χ1) is 7.18. The van der Waals surface area contributed by atoms with Crippen LogP contribution in [0.2, 0.25) is 0 Å².